The molecule has 100 valence electrons. The first-order valence-corrected chi connectivity index (χ1v) is 7.89. The molecule has 0 aliphatic carbocycles. The Morgan fingerprint density at radius 3 is 2.50 bits per heavy atom. The first-order valence-electron chi connectivity index (χ1n) is 5.66. The van der Waals surface area contributed by atoms with Gasteiger partial charge in [0.2, 0.25) is 10.0 Å². The molecular weight excluding hydrogens is 320 g/mol. The van der Waals surface area contributed by atoms with E-state index in [-0.39, 0.29) is 17.1 Å². The van der Waals surface area contributed by atoms with Crippen molar-refractivity contribution in [2.24, 2.45) is 0 Å². The number of hydrogen-bond donors (Lipinski definition) is 0. The van der Waals surface area contributed by atoms with Gasteiger partial charge in [-0.3, -0.25) is 4.98 Å². The minimum Gasteiger partial charge on any atom is -0.373 e. The van der Waals surface area contributed by atoms with Crippen molar-refractivity contribution in [3.63, 3.8) is 0 Å². The average Bonchev–Trinajstić information content (AvgIpc) is 2.27. The third-order valence-electron chi connectivity index (χ3n) is 2.70. The quantitative estimate of drug-likeness (QED) is 0.824. The minimum absolute atomic E-state index is 0.0939. The van der Waals surface area contributed by atoms with Gasteiger partial charge in [0.25, 0.3) is 0 Å². The third kappa shape index (κ3) is 2.90. The second-order valence-corrected chi connectivity index (χ2v) is 7.27. The first-order chi connectivity index (χ1) is 8.39. The van der Waals surface area contributed by atoms with Gasteiger partial charge in [-0.25, -0.2) is 8.42 Å². The van der Waals surface area contributed by atoms with Gasteiger partial charge in [-0.1, -0.05) is 0 Å². The van der Waals surface area contributed by atoms with Crippen LogP contribution in [0.4, 0.5) is 0 Å². The molecular formula is C11H15BrN2O3S. The molecule has 0 aromatic carbocycles. The molecule has 1 aliphatic rings. The van der Waals surface area contributed by atoms with E-state index >= 15 is 0 Å². The van der Waals surface area contributed by atoms with Gasteiger partial charge in [0, 0.05) is 30.0 Å². The second kappa shape index (κ2) is 5.24. The lowest BCUT2D eigenvalue weighted by atomic mass is 10.3. The van der Waals surface area contributed by atoms with Gasteiger partial charge in [0.1, 0.15) is 4.90 Å². The van der Waals surface area contributed by atoms with Crippen LogP contribution in [0.2, 0.25) is 0 Å². The molecule has 7 heteroatoms. The van der Waals surface area contributed by atoms with E-state index in [0.29, 0.717) is 17.6 Å². The zero-order valence-electron chi connectivity index (χ0n) is 10.2. The summed E-state index contributed by atoms with van der Waals surface area (Å²) in [6, 6.07) is 1.56. The van der Waals surface area contributed by atoms with Crippen molar-refractivity contribution in [2.75, 3.05) is 13.1 Å². The Kier molecular flexibility index (Phi) is 4.05. The van der Waals surface area contributed by atoms with Gasteiger partial charge in [-0.05, 0) is 35.8 Å². The van der Waals surface area contributed by atoms with Crippen molar-refractivity contribution >= 4 is 26.0 Å². The van der Waals surface area contributed by atoms with Crippen molar-refractivity contribution < 1.29 is 13.2 Å². The molecule has 0 radical (unpaired) electrons. The number of pyridine rings is 1. The molecule has 1 fully saturated rings. The maximum Gasteiger partial charge on any atom is 0.244 e. The number of morpholine rings is 1. The van der Waals surface area contributed by atoms with Gasteiger partial charge in [-0.2, -0.15) is 4.31 Å². The lowest BCUT2D eigenvalue weighted by Crippen LogP contribution is -2.48. The maximum atomic E-state index is 12.4. The fourth-order valence-electron chi connectivity index (χ4n) is 2.01. The first kappa shape index (κ1) is 13.9. The molecule has 1 aromatic rings. The molecule has 0 spiro atoms. The molecule has 2 unspecified atom stereocenters. The lowest BCUT2D eigenvalue weighted by molar-refractivity contribution is -0.0440. The van der Waals surface area contributed by atoms with E-state index in [1.165, 1.54) is 10.5 Å². The summed E-state index contributed by atoms with van der Waals surface area (Å²) in [7, 11) is -3.49. The molecule has 1 saturated heterocycles. The molecule has 1 aromatic heterocycles. The van der Waals surface area contributed by atoms with E-state index in [4.69, 9.17) is 4.74 Å². The Balaban J connectivity index is 2.31. The highest BCUT2D eigenvalue weighted by atomic mass is 79.9. The second-order valence-electron chi connectivity index (χ2n) is 4.42. The van der Waals surface area contributed by atoms with Crippen LogP contribution in [-0.4, -0.2) is 43.0 Å². The number of aromatic nitrogens is 1. The van der Waals surface area contributed by atoms with Crippen molar-refractivity contribution in [3.05, 3.63) is 22.9 Å². The Hall–Kier alpha value is -0.500. The lowest BCUT2D eigenvalue weighted by Gasteiger charge is -2.34. The molecule has 1 aliphatic heterocycles. The Labute approximate surface area is 115 Å². The maximum absolute atomic E-state index is 12.4. The van der Waals surface area contributed by atoms with Crippen LogP contribution >= 0.6 is 15.9 Å². The van der Waals surface area contributed by atoms with Crippen molar-refractivity contribution in [2.45, 2.75) is 31.0 Å². The molecule has 0 amide bonds. The van der Waals surface area contributed by atoms with Crippen LogP contribution in [0.1, 0.15) is 13.8 Å². The van der Waals surface area contributed by atoms with E-state index in [1.807, 2.05) is 13.8 Å². The summed E-state index contributed by atoms with van der Waals surface area (Å²) in [5.41, 5.74) is 0. The summed E-state index contributed by atoms with van der Waals surface area (Å²) < 4.78 is 32.5. The van der Waals surface area contributed by atoms with Crippen LogP contribution < -0.4 is 0 Å². The summed E-state index contributed by atoms with van der Waals surface area (Å²) in [6.07, 6.45) is 2.74. The number of rotatable bonds is 2. The van der Waals surface area contributed by atoms with E-state index < -0.39 is 10.0 Å². The predicted octanol–water partition coefficient (Wildman–Crippen LogP) is 1.64. The number of nitrogens with zero attached hydrogens (tertiary/aromatic N) is 2. The Morgan fingerprint density at radius 1 is 1.33 bits per heavy atom. The highest BCUT2D eigenvalue weighted by Crippen LogP contribution is 2.22. The molecule has 2 atom stereocenters. The van der Waals surface area contributed by atoms with Gasteiger partial charge < -0.3 is 4.74 Å². The average molecular weight is 335 g/mol. The van der Waals surface area contributed by atoms with E-state index in [1.54, 1.807) is 12.3 Å². The summed E-state index contributed by atoms with van der Waals surface area (Å²) in [5.74, 6) is 0. The summed E-state index contributed by atoms with van der Waals surface area (Å²) in [5, 5.41) is 0. The van der Waals surface area contributed by atoms with Crippen molar-refractivity contribution in [3.8, 4) is 0 Å². The zero-order valence-corrected chi connectivity index (χ0v) is 12.6. The molecule has 0 bridgehead atoms. The molecule has 2 heterocycles. The summed E-state index contributed by atoms with van der Waals surface area (Å²) in [4.78, 5) is 4.11. The normalized spacial score (nSPS) is 26.2. The van der Waals surface area contributed by atoms with Gasteiger partial charge in [-0.15, -0.1) is 0 Å². The number of sulfonamides is 1. The standard InChI is InChI=1S/C11H15BrN2O3S/c1-8-6-14(7-9(2)17-8)18(15,16)11-3-10(12)4-13-5-11/h3-5,8-9H,6-7H2,1-2H3. The predicted molar refractivity (Wildman–Crippen MR) is 70.7 cm³/mol. The topological polar surface area (TPSA) is 59.5 Å². The van der Waals surface area contributed by atoms with Crippen LogP contribution in [0, 0.1) is 0 Å². The fraction of sp³-hybridized carbons (Fsp3) is 0.545. The van der Waals surface area contributed by atoms with E-state index in [2.05, 4.69) is 20.9 Å². The molecule has 18 heavy (non-hydrogen) atoms. The third-order valence-corrected chi connectivity index (χ3v) is 4.93. The molecule has 2 rings (SSSR count). The van der Waals surface area contributed by atoms with Crippen molar-refractivity contribution in [1.29, 1.82) is 0 Å². The van der Waals surface area contributed by atoms with Gasteiger partial charge in [0.15, 0.2) is 0 Å². The van der Waals surface area contributed by atoms with Crippen LogP contribution in [0.3, 0.4) is 0 Å². The number of halogens is 1. The van der Waals surface area contributed by atoms with Gasteiger partial charge in [0.05, 0.1) is 12.2 Å². The Bertz CT molecular complexity index is 525. The number of hydrogen-bond acceptors (Lipinski definition) is 4. The van der Waals surface area contributed by atoms with Crippen molar-refractivity contribution in [1.82, 2.24) is 9.29 Å². The Morgan fingerprint density at radius 2 is 1.94 bits per heavy atom. The van der Waals surface area contributed by atoms with Gasteiger partial charge >= 0.3 is 0 Å². The van der Waals surface area contributed by atoms with Crippen LogP contribution in [0.25, 0.3) is 0 Å². The molecule has 0 saturated carbocycles. The zero-order chi connectivity index (χ0) is 13.3. The van der Waals surface area contributed by atoms with E-state index in [9.17, 15) is 8.42 Å². The molecule has 0 N–H and O–H groups in total. The highest BCUT2D eigenvalue weighted by molar-refractivity contribution is 9.10. The SMILES string of the molecule is CC1CN(S(=O)(=O)c2cncc(Br)c2)CC(C)O1. The number of ether oxygens (including phenoxy) is 1. The fourth-order valence-corrected chi connectivity index (χ4v) is 4.11. The monoisotopic (exact) mass is 334 g/mol. The van der Waals surface area contributed by atoms with E-state index in [0.717, 1.165) is 0 Å². The largest absolute Gasteiger partial charge is 0.373 e. The summed E-state index contributed by atoms with van der Waals surface area (Å²) >= 11 is 3.23. The van der Waals surface area contributed by atoms with Crippen LogP contribution in [0.15, 0.2) is 27.8 Å². The minimum atomic E-state index is -3.49. The smallest absolute Gasteiger partial charge is 0.244 e. The van der Waals surface area contributed by atoms with Crippen LogP contribution in [-0.2, 0) is 14.8 Å². The highest BCUT2D eigenvalue weighted by Gasteiger charge is 2.32. The molecule has 5 nitrogen and oxygen atoms in total. The van der Waals surface area contributed by atoms with Crippen LogP contribution in [0.5, 0.6) is 0 Å². The summed E-state index contributed by atoms with van der Waals surface area (Å²) in [6.45, 7) is 4.49.